The van der Waals surface area contributed by atoms with Crippen LogP contribution in [-0.4, -0.2) is 18.8 Å². The second-order valence-corrected chi connectivity index (χ2v) is 9.30. The molecule has 5 heteroatoms. The first-order valence-electron chi connectivity index (χ1n) is 8.73. The monoisotopic (exact) mass is 369 g/mol. The van der Waals surface area contributed by atoms with Crippen molar-refractivity contribution in [1.29, 1.82) is 0 Å². The highest BCUT2D eigenvalue weighted by Gasteiger charge is 2.16. The van der Waals surface area contributed by atoms with Gasteiger partial charge in [-0.3, -0.25) is 0 Å². The van der Waals surface area contributed by atoms with Gasteiger partial charge in [-0.1, -0.05) is 53.7 Å². The van der Waals surface area contributed by atoms with Crippen molar-refractivity contribution in [3.63, 3.8) is 0 Å². The number of hydrogen-bond donors (Lipinski definition) is 0. The van der Waals surface area contributed by atoms with Gasteiger partial charge in [0.25, 0.3) is 0 Å². The van der Waals surface area contributed by atoms with Crippen molar-refractivity contribution in [2.24, 2.45) is 0 Å². The van der Waals surface area contributed by atoms with E-state index in [-0.39, 0.29) is 11.0 Å². The van der Waals surface area contributed by atoms with E-state index in [0.29, 0.717) is 0 Å². The lowest BCUT2D eigenvalue weighted by atomic mass is 10.0. The molecule has 1 heterocycles. The van der Waals surface area contributed by atoms with E-state index in [1.54, 1.807) is 20.0 Å². The highest BCUT2D eigenvalue weighted by molar-refractivity contribution is 7.91. The summed E-state index contributed by atoms with van der Waals surface area (Å²) < 4.78 is 29.2. The quantitative estimate of drug-likeness (QED) is 0.617. The average Bonchev–Trinajstić information content (AvgIpc) is 3.16. The van der Waals surface area contributed by atoms with E-state index in [2.05, 4.69) is 17.3 Å². The Morgan fingerprint density at radius 1 is 0.846 bits per heavy atom. The van der Waals surface area contributed by atoms with Crippen LogP contribution in [-0.2, 0) is 28.4 Å². The molecule has 0 aliphatic rings. The standard InChI is InChI=1S/C21H23NO3S/c1-16(2)26(23,24)15-19-7-5-17(6-8-19)3-4-18-9-11-20(12-10-18)21-13-14-22-25-21/h5-14,16H,3-4,15H2,1-2H3. The average molecular weight is 369 g/mol. The van der Waals surface area contributed by atoms with Gasteiger partial charge in [0.15, 0.2) is 15.6 Å². The van der Waals surface area contributed by atoms with Crippen molar-refractivity contribution in [2.75, 3.05) is 0 Å². The van der Waals surface area contributed by atoms with Gasteiger partial charge in [0.05, 0.1) is 17.2 Å². The van der Waals surface area contributed by atoms with Crippen LogP contribution in [0.2, 0.25) is 0 Å². The van der Waals surface area contributed by atoms with Crippen molar-refractivity contribution in [1.82, 2.24) is 5.16 Å². The number of nitrogens with zero attached hydrogens (tertiary/aromatic N) is 1. The molecule has 0 saturated carbocycles. The van der Waals surface area contributed by atoms with Crippen LogP contribution >= 0.6 is 0 Å². The summed E-state index contributed by atoms with van der Waals surface area (Å²) in [7, 11) is -3.05. The molecule has 26 heavy (non-hydrogen) atoms. The number of rotatable bonds is 7. The fourth-order valence-electron chi connectivity index (χ4n) is 2.69. The molecule has 3 rings (SSSR count). The van der Waals surface area contributed by atoms with Crippen LogP contribution in [0.3, 0.4) is 0 Å². The van der Waals surface area contributed by atoms with Crippen molar-refractivity contribution < 1.29 is 12.9 Å². The van der Waals surface area contributed by atoms with Crippen molar-refractivity contribution in [2.45, 2.75) is 37.7 Å². The summed E-state index contributed by atoms with van der Waals surface area (Å²) >= 11 is 0. The number of benzene rings is 2. The third-order valence-corrected chi connectivity index (χ3v) is 6.66. The molecule has 1 aromatic heterocycles. The summed E-state index contributed by atoms with van der Waals surface area (Å²) in [6.07, 6.45) is 3.48. The van der Waals surface area contributed by atoms with Crippen molar-refractivity contribution in [3.05, 3.63) is 77.5 Å². The van der Waals surface area contributed by atoms with Crippen LogP contribution < -0.4 is 0 Å². The Morgan fingerprint density at radius 2 is 1.38 bits per heavy atom. The second-order valence-electron chi connectivity index (χ2n) is 6.75. The summed E-state index contributed by atoms with van der Waals surface area (Å²) in [5, 5.41) is 3.38. The zero-order valence-electron chi connectivity index (χ0n) is 15.1. The molecule has 4 nitrogen and oxygen atoms in total. The van der Waals surface area contributed by atoms with E-state index < -0.39 is 9.84 Å². The van der Waals surface area contributed by atoms with Crippen LogP contribution in [0.25, 0.3) is 11.3 Å². The van der Waals surface area contributed by atoms with Gasteiger partial charge in [-0.05, 0) is 43.4 Å². The minimum absolute atomic E-state index is 0.105. The van der Waals surface area contributed by atoms with Crippen LogP contribution in [0.5, 0.6) is 0 Å². The van der Waals surface area contributed by atoms with E-state index in [4.69, 9.17) is 4.52 Å². The maximum absolute atomic E-state index is 12.0. The molecule has 0 aliphatic heterocycles. The normalized spacial score (nSPS) is 11.8. The zero-order valence-corrected chi connectivity index (χ0v) is 15.9. The molecule has 0 aliphatic carbocycles. The minimum Gasteiger partial charge on any atom is -0.356 e. The number of aromatic nitrogens is 1. The fourth-order valence-corrected chi connectivity index (χ4v) is 3.68. The SMILES string of the molecule is CC(C)S(=O)(=O)Cc1ccc(CCc2ccc(-c3ccno3)cc2)cc1. The molecule has 0 bridgehead atoms. The maximum atomic E-state index is 12.0. The van der Waals surface area contributed by atoms with Crippen LogP contribution in [0, 0.1) is 0 Å². The molecular weight excluding hydrogens is 346 g/mol. The molecule has 136 valence electrons. The highest BCUT2D eigenvalue weighted by atomic mass is 32.2. The summed E-state index contributed by atoms with van der Waals surface area (Å²) in [6, 6.07) is 18.0. The van der Waals surface area contributed by atoms with Crippen LogP contribution in [0.4, 0.5) is 0 Å². The first kappa shape index (κ1) is 18.4. The Labute approximate surface area is 154 Å². The number of hydrogen-bond acceptors (Lipinski definition) is 4. The molecule has 0 fully saturated rings. The molecule has 0 atom stereocenters. The molecule has 3 aromatic rings. The lowest BCUT2D eigenvalue weighted by Crippen LogP contribution is -2.15. The lowest BCUT2D eigenvalue weighted by molar-refractivity contribution is 0.432. The molecule has 2 aromatic carbocycles. The largest absolute Gasteiger partial charge is 0.356 e. The van der Waals surface area contributed by atoms with Gasteiger partial charge in [0.1, 0.15) is 0 Å². The van der Waals surface area contributed by atoms with E-state index >= 15 is 0 Å². The van der Waals surface area contributed by atoms with Crippen molar-refractivity contribution >= 4 is 9.84 Å². The second kappa shape index (κ2) is 7.87. The van der Waals surface area contributed by atoms with Gasteiger partial charge in [-0.2, -0.15) is 0 Å². The summed E-state index contributed by atoms with van der Waals surface area (Å²) in [5.74, 6) is 0.872. The van der Waals surface area contributed by atoms with E-state index in [9.17, 15) is 8.42 Å². The van der Waals surface area contributed by atoms with E-state index in [1.165, 1.54) is 11.1 Å². The maximum Gasteiger partial charge on any atom is 0.166 e. The van der Waals surface area contributed by atoms with Gasteiger partial charge in [-0.15, -0.1) is 0 Å². The molecule has 0 spiro atoms. The Hall–Kier alpha value is -2.40. The minimum atomic E-state index is -3.05. The predicted octanol–water partition coefficient (Wildman–Crippen LogP) is 4.45. The van der Waals surface area contributed by atoms with Crippen molar-refractivity contribution in [3.8, 4) is 11.3 Å². The molecule has 0 N–H and O–H groups in total. The lowest BCUT2D eigenvalue weighted by Gasteiger charge is -2.08. The van der Waals surface area contributed by atoms with E-state index in [0.717, 1.165) is 29.7 Å². The molecular formula is C21H23NO3S. The van der Waals surface area contributed by atoms with Crippen LogP contribution in [0.1, 0.15) is 30.5 Å². The smallest absolute Gasteiger partial charge is 0.166 e. The number of aryl methyl sites for hydroxylation is 2. The fraction of sp³-hybridized carbons (Fsp3) is 0.286. The number of sulfone groups is 1. The third kappa shape index (κ3) is 4.61. The van der Waals surface area contributed by atoms with Gasteiger partial charge < -0.3 is 4.52 Å². The Morgan fingerprint density at radius 3 is 1.88 bits per heavy atom. The highest BCUT2D eigenvalue weighted by Crippen LogP contribution is 2.20. The summed E-state index contributed by atoms with van der Waals surface area (Å²) in [4.78, 5) is 0. The van der Waals surface area contributed by atoms with Gasteiger partial charge in [-0.25, -0.2) is 8.42 Å². The summed E-state index contributed by atoms with van der Waals surface area (Å²) in [5.41, 5.74) is 4.32. The Bertz CT molecular complexity index is 926. The van der Waals surface area contributed by atoms with E-state index in [1.807, 2.05) is 42.5 Å². The zero-order chi connectivity index (χ0) is 18.6. The predicted molar refractivity (Wildman–Crippen MR) is 104 cm³/mol. The summed E-state index contributed by atoms with van der Waals surface area (Å²) in [6.45, 7) is 3.44. The Balaban J connectivity index is 1.58. The first-order valence-corrected chi connectivity index (χ1v) is 10.4. The molecule has 0 saturated heterocycles. The topological polar surface area (TPSA) is 60.2 Å². The van der Waals surface area contributed by atoms with Gasteiger partial charge in [0, 0.05) is 11.6 Å². The van der Waals surface area contributed by atoms with Crippen LogP contribution in [0.15, 0.2) is 65.3 Å². The molecule has 0 radical (unpaired) electrons. The first-order chi connectivity index (χ1) is 12.4. The van der Waals surface area contributed by atoms with Gasteiger partial charge >= 0.3 is 0 Å². The molecule has 0 amide bonds. The van der Waals surface area contributed by atoms with Gasteiger partial charge in [0.2, 0.25) is 0 Å². The third-order valence-electron chi connectivity index (χ3n) is 4.49. The molecule has 0 unspecified atom stereocenters. The Kier molecular flexibility index (Phi) is 5.57.